The second kappa shape index (κ2) is 3.88. The fourth-order valence-electron chi connectivity index (χ4n) is 0. The van der Waals surface area contributed by atoms with E-state index in [4.69, 9.17) is 15.3 Å². The normalized spacial score (nSPS) is 9.22. The largest absolute Gasteiger partial charge is 0.490 e. The fourth-order valence-corrected chi connectivity index (χ4v) is 0. The van der Waals surface area contributed by atoms with Crippen molar-refractivity contribution in [2.24, 2.45) is 0 Å². The van der Waals surface area contributed by atoms with Gasteiger partial charge in [0, 0.05) is 0 Å². The summed E-state index contributed by atoms with van der Waals surface area (Å²) in [7, 11) is 0. The van der Waals surface area contributed by atoms with Crippen LogP contribution in [0.3, 0.4) is 0 Å². The van der Waals surface area contributed by atoms with Gasteiger partial charge >= 0.3 is 12.1 Å². The molecule has 3 nitrogen and oxygen atoms in total. The highest BCUT2D eigenvalue weighted by molar-refractivity contribution is 5.73. The maximum atomic E-state index is 10.6. The topological polar surface area (TPSA) is 61.2 Å². The number of aliphatic carboxylic acids is 1. The van der Waals surface area contributed by atoms with Gasteiger partial charge in [0.2, 0.25) is 0 Å². The lowest BCUT2D eigenvalue weighted by Gasteiger charge is -1.93. The molecule has 0 saturated carbocycles. The van der Waals surface area contributed by atoms with Crippen LogP contribution in [0.5, 0.6) is 0 Å². The molecule has 0 rings (SSSR count). The SMILES string of the molecule is C=N.O=C(O)C(F)(F)F. The van der Waals surface area contributed by atoms with Gasteiger partial charge in [-0.25, -0.2) is 4.79 Å². The van der Waals surface area contributed by atoms with E-state index in [9.17, 15) is 13.2 Å². The van der Waals surface area contributed by atoms with Crippen LogP contribution in [0.15, 0.2) is 0 Å². The first kappa shape index (κ1) is 10.8. The molecule has 0 saturated heterocycles. The van der Waals surface area contributed by atoms with E-state index in [1.54, 1.807) is 0 Å². The van der Waals surface area contributed by atoms with E-state index in [-0.39, 0.29) is 0 Å². The van der Waals surface area contributed by atoms with E-state index in [1.165, 1.54) is 0 Å². The molecule has 0 atom stereocenters. The number of carboxylic acids is 1. The zero-order valence-electron chi connectivity index (χ0n) is 4.20. The number of nitrogens with one attached hydrogen (secondary N) is 1. The van der Waals surface area contributed by atoms with E-state index in [0.29, 0.717) is 0 Å². The third-order valence-electron chi connectivity index (χ3n) is 0.243. The molecule has 0 spiro atoms. The first-order valence-electron chi connectivity index (χ1n) is 1.60. The summed E-state index contributed by atoms with van der Waals surface area (Å²) >= 11 is 0. The summed E-state index contributed by atoms with van der Waals surface area (Å²) in [6.45, 7) is 2.50. The van der Waals surface area contributed by atoms with Gasteiger partial charge < -0.3 is 10.5 Å². The monoisotopic (exact) mass is 143 g/mol. The molecule has 0 aromatic heterocycles. The smallest absolute Gasteiger partial charge is 0.475 e. The molecular weight excluding hydrogens is 139 g/mol. The molecule has 0 aliphatic rings. The highest BCUT2D eigenvalue weighted by Gasteiger charge is 2.38. The lowest BCUT2D eigenvalue weighted by atomic mass is 10.7. The molecule has 6 heteroatoms. The number of rotatable bonds is 0. The second-order valence-electron chi connectivity index (χ2n) is 0.803. The van der Waals surface area contributed by atoms with Gasteiger partial charge in [-0.05, 0) is 6.72 Å². The van der Waals surface area contributed by atoms with Crippen molar-refractivity contribution in [1.29, 1.82) is 5.41 Å². The molecule has 9 heavy (non-hydrogen) atoms. The van der Waals surface area contributed by atoms with Gasteiger partial charge in [0.05, 0.1) is 0 Å². The van der Waals surface area contributed by atoms with E-state index in [2.05, 4.69) is 6.72 Å². The van der Waals surface area contributed by atoms with Crippen molar-refractivity contribution in [3.8, 4) is 0 Å². The Morgan fingerprint density at radius 3 is 1.56 bits per heavy atom. The first-order chi connectivity index (χ1) is 3.94. The van der Waals surface area contributed by atoms with E-state index in [0.717, 1.165) is 0 Å². The van der Waals surface area contributed by atoms with Gasteiger partial charge in [0.1, 0.15) is 0 Å². The number of carboxylic acid groups (broad SMARTS) is 1. The van der Waals surface area contributed by atoms with Gasteiger partial charge in [-0.1, -0.05) is 0 Å². The van der Waals surface area contributed by atoms with E-state index < -0.39 is 12.1 Å². The maximum absolute atomic E-state index is 10.6. The van der Waals surface area contributed by atoms with Crippen molar-refractivity contribution >= 4 is 12.7 Å². The fraction of sp³-hybridized carbons (Fsp3) is 0.333. The van der Waals surface area contributed by atoms with Crippen molar-refractivity contribution in [2.75, 3.05) is 0 Å². The van der Waals surface area contributed by atoms with Crippen LogP contribution in [0.25, 0.3) is 0 Å². The van der Waals surface area contributed by atoms with E-state index in [1.807, 2.05) is 0 Å². The van der Waals surface area contributed by atoms with Crippen LogP contribution in [0, 0.1) is 5.41 Å². The summed E-state index contributed by atoms with van der Waals surface area (Å²) in [5.74, 6) is -2.76. The maximum Gasteiger partial charge on any atom is 0.490 e. The highest BCUT2D eigenvalue weighted by Crippen LogP contribution is 2.13. The lowest BCUT2D eigenvalue weighted by Crippen LogP contribution is -2.21. The van der Waals surface area contributed by atoms with E-state index >= 15 is 0 Å². The molecule has 0 fully saturated rings. The number of hydrogen-bond acceptors (Lipinski definition) is 2. The molecule has 0 amide bonds. The van der Waals surface area contributed by atoms with Crippen LogP contribution >= 0.6 is 0 Å². The summed E-state index contributed by atoms with van der Waals surface area (Å²) < 4.78 is 31.7. The predicted octanol–water partition coefficient (Wildman–Crippen LogP) is 0.899. The lowest BCUT2D eigenvalue weighted by molar-refractivity contribution is -0.192. The van der Waals surface area contributed by atoms with Crippen LogP contribution in [0.1, 0.15) is 0 Å². The standard InChI is InChI=1S/C2HF3O2.CH3N/c3-2(4,5)1(6)7;1-2/h(H,6,7);2H,1H2. The Labute approximate surface area is 48.6 Å². The number of hydrogen-bond donors (Lipinski definition) is 2. The molecule has 0 unspecified atom stereocenters. The minimum absolute atomic E-state index is 2.50. The van der Waals surface area contributed by atoms with Gasteiger partial charge in [0.15, 0.2) is 0 Å². The Balaban J connectivity index is 0. The molecule has 0 heterocycles. The quantitative estimate of drug-likeness (QED) is 0.495. The van der Waals surface area contributed by atoms with Crippen LogP contribution < -0.4 is 0 Å². The average Bonchev–Trinajstić information content (AvgIpc) is 1.69. The van der Waals surface area contributed by atoms with Gasteiger partial charge in [-0.3, -0.25) is 0 Å². The Bertz CT molecular complexity index is 99.7. The van der Waals surface area contributed by atoms with Crippen LogP contribution in [-0.4, -0.2) is 24.0 Å². The minimum Gasteiger partial charge on any atom is -0.475 e. The van der Waals surface area contributed by atoms with Crippen molar-refractivity contribution in [3.63, 3.8) is 0 Å². The van der Waals surface area contributed by atoms with Crippen molar-refractivity contribution in [3.05, 3.63) is 0 Å². The molecule has 0 aromatic carbocycles. The molecular formula is C3H4F3NO2. The summed E-state index contributed by atoms with van der Waals surface area (Å²) in [4.78, 5) is 8.90. The summed E-state index contributed by atoms with van der Waals surface area (Å²) in [6.07, 6.45) is -5.08. The van der Waals surface area contributed by atoms with Gasteiger partial charge in [0.25, 0.3) is 0 Å². The highest BCUT2D eigenvalue weighted by atomic mass is 19.4. The van der Waals surface area contributed by atoms with Crippen LogP contribution in [0.2, 0.25) is 0 Å². The summed E-state index contributed by atoms with van der Waals surface area (Å²) in [5, 5.41) is 12.6. The van der Waals surface area contributed by atoms with Crippen molar-refractivity contribution < 1.29 is 23.1 Å². The molecule has 2 N–H and O–H groups in total. The average molecular weight is 143 g/mol. The third kappa shape index (κ3) is 6.93. The summed E-state index contributed by atoms with van der Waals surface area (Å²) in [6, 6.07) is 0. The molecule has 0 aliphatic heterocycles. The Morgan fingerprint density at radius 2 is 1.56 bits per heavy atom. The molecule has 0 aliphatic carbocycles. The molecule has 0 aromatic rings. The molecule has 0 radical (unpaired) electrons. The molecule has 54 valence electrons. The zero-order valence-corrected chi connectivity index (χ0v) is 4.20. The second-order valence-corrected chi connectivity index (χ2v) is 0.803. The Kier molecular flexibility index (Phi) is 4.66. The minimum atomic E-state index is -5.08. The van der Waals surface area contributed by atoms with Crippen LogP contribution in [-0.2, 0) is 4.79 Å². The number of carbonyl (C=O) groups is 1. The first-order valence-corrected chi connectivity index (χ1v) is 1.60. The Morgan fingerprint density at radius 1 is 1.44 bits per heavy atom. The van der Waals surface area contributed by atoms with Crippen molar-refractivity contribution in [2.45, 2.75) is 6.18 Å². The zero-order chi connectivity index (χ0) is 8.08. The predicted molar refractivity (Wildman–Crippen MR) is 23.5 cm³/mol. The van der Waals surface area contributed by atoms with Gasteiger partial charge in [-0.15, -0.1) is 0 Å². The van der Waals surface area contributed by atoms with Gasteiger partial charge in [-0.2, -0.15) is 13.2 Å². The summed E-state index contributed by atoms with van der Waals surface area (Å²) in [5.41, 5.74) is 0. The number of alkyl halides is 3. The van der Waals surface area contributed by atoms with Crippen LogP contribution in [0.4, 0.5) is 13.2 Å². The third-order valence-corrected chi connectivity index (χ3v) is 0.243. The molecule has 0 bridgehead atoms. The Hall–Kier alpha value is -1.07. The van der Waals surface area contributed by atoms with Crippen molar-refractivity contribution in [1.82, 2.24) is 0 Å². The number of halogens is 3.